The van der Waals surface area contributed by atoms with Gasteiger partial charge >= 0.3 is 0 Å². The number of amides is 1. The third-order valence-corrected chi connectivity index (χ3v) is 3.51. The molecular weight excluding hydrogens is 298 g/mol. The molecule has 0 bridgehead atoms. The predicted molar refractivity (Wildman–Crippen MR) is 91.6 cm³/mol. The van der Waals surface area contributed by atoms with E-state index in [0.29, 0.717) is 11.5 Å². The van der Waals surface area contributed by atoms with Crippen LogP contribution in [0.15, 0.2) is 76.8 Å². The Kier molecular flexibility index (Phi) is 5.55. The molecule has 0 radical (unpaired) electrons. The van der Waals surface area contributed by atoms with Crippen LogP contribution in [-0.4, -0.2) is 36.5 Å². The molecule has 0 aromatic rings. The zero-order valence-electron chi connectivity index (χ0n) is 12.4. The molecule has 1 unspecified atom stereocenters. The molecule has 1 aliphatic carbocycles. The second kappa shape index (κ2) is 7.61. The van der Waals surface area contributed by atoms with E-state index in [2.05, 4.69) is 34.1 Å². The number of halogens is 1. The van der Waals surface area contributed by atoms with Gasteiger partial charge in [0.15, 0.2) is 0 Å². The van der Waals surface area contributed by atoms with Crippen molar-refractivity contribution >= 4 is 24.2 Å². The van der Waals surface area contributed by atoms with Gasteiger partial charge in [-0.3, -0.25) is 9.79 Å². The molecule has 1 heterocycles. The lowest BCUT2D eigenvalue weighted by Crippen LogP contribution is -2.23. The number of hydrogen-bond acceptors (Lipinski definition) is 3. The van der Waals surface area contributed by atoms with E-state index in [4.69, 9.17) is 11.6 Å². The lowest BCUT2D eigenvalue weighted by Gasteiger charge is -2.17. The summed E-state index contributed by atoms with van der Waals surface area (Å²) in [5, 5.41) is 2.85. The van der Waals surface area contributed by atoms with Gasteiger partial charge in [0.1, 0.15) is 0 Å². The Bertz CT molecular complexity index is 638. The third kappa shape index (κ3) is 3.86. The number of likely N-dealkylation sites (N-methyl/N-ethyl adjacent to an activating group) is 1. The molecule has 0 aromatic heterocycles. The summed E-state index contributed by atoms with van der Waals surface area (Å²) in [6.07, 6.45) is 16.7. The molecule has 0 fully saturated rings. The molecular formula is C17H18ClN3O. The van der Waals surface area contributed by atoms with Crippen molar-refractivity contribution in [1.82, 2.24) is 10.2 Å². The molecule has 0 saturated carbocycles. The highest BCUT2D eigenvalue weighted by Crippen LogP contribution is 2.22. The number of carbonyl (C=O) groups excluding carboxylic acids is 1. The van der Waals surface area contributed by atoms with E-state index in [1.165, 1.54) is 11.8 Å². The Hall–Kier alpha value is -2.33. The van der Waals surface area contributed by atoms with Crippen LogP contribution in [0, 0.1) is 0 Å². The van der Waals surface area contributed by atoms with E-state index in [0.717, 1.165) is 5.70 Å². The monoisotopic (exact) mass is 315 g/mol. The van der Waals surface area contributed by atoms with Crippen LogP contribution < -0.4 is 5.32 Å². The van der Waals surface area contributed by atoms with E-state index in [1.807, 2.05) is 31.5 Å². The fourth-order valence-corrected chi connectivity index (χ4v) is 2.29. The molecule has 1 N–H and O–H groups in total. The summed E-state index contributed by atoms with van der Waals surface area (Å²) in [5.74, 6) is 0.0793. The van der Waals surface area contributed by atoms with Crippen molar-refractivity contribution in [3.05, 3.63) is 71.8 Å². The molecule has 1 aliphatic heterocycles. The molecule has 2 aliphatic rings. The van der Waals surface area contributed by atoms with E-state index >= 15 is 0 Å². The fraction of sp³-hybridized carbons (Fsp3) is 0.176. The SMILES string of the molecule is C=N/C=C(\C=C/CCl)C(=O)NC1=CC=C2C=CN(C)C2C=C1. The number of aliphatic imine (C=N–C) groups is 1. The van der Waals surface area contributed by atoms with Crippen molar-refractivity contribution in [2.45, 2.75) is 6.04 Å². The zero-order valence-corrected chi connectivity index (χ0v) is 13.1. The number of nitrogens with zero attached hydrogens (tertiary/aromatic N) is 2. The van der Waals surface area contributed by atoms with Crippen molar-refractivity contribution in [2.75, 3.05) is 12.9 Å². The Morgan fingerprint density at radius 1 is 1.50 bits per heavy atom. The summed E-state index contributed by atoms with van der Waals surface area (Å²) < 4.78 is 0. The highest BCUT2D eigenvalue weighted by Gasteiger charge is 2.19. The standard InChI is InChI=1S/C17H18ClN3O/c1-19-12-14(4-3-10-18)17(22)20-15-6-5-13-9-11-21(2)16(13)8-7-15/h3-9,11-12,16H,1,10H2,2H3,(H,20,22)/b4-3-,14-12+. The first-order chi connectivity index (χ1) is 10.7. The van der Waals surface area contributed by atoms with E-state index in [-0.39, 0.29) is 11.9 Å². The van der Waals surface area contributed by atoms with Crippen LogP contribution in [0.3, 0.4) is 0 Å². The van der Waals surface area contributed by atoms with Crippen molar-refractivity contribution in [3.8, 4) is 0 Å². The molecule has 0 saturated heterocycles. The summed E-state index contributed by atoms with van der Waals surface area (Å²) >= 11 is 5.60. The first kappa shape index (κ1) is 16.0. The summed E-state index contributed by atoms with van der Waals surface area (Å²) in [5.41, 5.74) is 2.32. The molecule has 22 heavy (non-hydrogen) atoms. The third-order valence-electron chi connectivity index (χ3n) is 3.33. The minimum atomic E-state index is -0.251. The maximum atomic E-state index is 12.2. The maximum absolute atomic E-state index is 12.2. The topological polar surface area (TPSA) is 44.7 Å². The molecule has 1 amide bonds. The van der Waals surface area contributed by atoms with Gasteiger partial charge in [-0.15, -0.1) is 11.6 Å². The summed E-state index contributed by atoms with van der Waals surface area (Å²) in [7, 11) is 2.02. The van der Waals surface area contributed by atoms with Crippen LogP contribution in [0.1, 0.15) is 0 Å². The Labute approximate surface area is 135 Å². The summed E-state index contributed by atoms with van der Waals surface area (Å²) in [4.78, 5) is 18.0. The van der Waals surface area contributed by atoms with Gasteiger partial charge in [-0.05, 0) is 36.7 Å². The Balaban J connectivity index is 2.12. The smallest absolute Gasteiger partial charge is 0.257 e. The highest BCUT2D eigenvalue weighted by molar-refractivity contribution is 6.19. The van der Waals surface area contributed by atoms with Crippen molar-refractivity contribution in [1.29, 1.82) is 0 Å². The Morgan fingerprint density at radius 2 is 2.32 bits per heavy atom. The zero-order chi connectivity index (χ0) is 15.9. The summed E-state index contributed by atoms with van der Waals surface area (Å²) in [6, 6.07) is 0.214. The number of alkyl halides is 1. The molecule has 0 aromatic carbocycles. The predicted octanol–water partition coefficient (Wildman–Crippen LogP) is 2.69. The second-order valence-corrected chi connectivity index (χ2v) is 5.16. The first-order valence-corrected chi connectivity index (χ1v) is 7.39. The molecule has 114 valence electrons. The average molecular weight is 316 g/mol. The minimum absolute atomic E-state index is 0.214. The van der Waals surface area contributed by atoms with Crippen molar-refractivity contribution < 1.29 is 4.79 Å². The molecule has 0 spiro atoms. The first-order valence-electron chi connectivity index (χ1n) is 6.86. The Morgan fingerprint density at radius 3 is 3.05 bits per heavy atom. The van der Waals surface area contributed by atoms with Crippen LogP contribution in [0.2, 0.25) is 0 Å². The van der Waals surface area contributed by atoms with Crippen LogP contribution in [0.4, 0.5) is 0 Å². The number of fused-ring (bicyclic) bond motifs is 1. The highest BCUT2D eigenvalue weighted by atomic mass is 35.5. The molecule has 5 heteroatoms. The van der Waals surface area contributed by atoms with E-state index < -0.39 is 0 Å². The number of rotatable bonds is 5. The second-order valence-electron chi connectivity index (χ2n) is 4.85. The van der Waals surface area contributed by atoms with Crippen LogP contribution in [0.5, 0.6) is 0 Å². The van der Waals surface area contributed by atoms with E-state index in [9.17, 15) is 4.79 Å². The minimum Gasteiger partial charge on any atom is -0.370 e. The van der Waals surface area contributed by atoms with Crippen LogP contribution in [-0.2, 0) is 4.79 Å². The number of nitrogens with one attached hydrogen (secondary N) is 1. The van der Waals surface area contributed by atoms with Crippen LogP contribution >= 0.6 is 11.6 Å². The van der Waals surface area contributed by atoms with Crippen LogP contribution in [0.25, 0.3) is 0 Å². The van der Waals surface area contributed by atoms with Gasteiger partial charge in [-0.1, -0.05) is 24.3 Å². The molecule has 4 nitrogen and oxygen atoms in total. The van der Waals surface area contributed by atoms with Crippen molar-refractivity contribution in [3.63, 3.8) is 0 Å². The average Bonchev–Trinajstić information content (AvgIpc) is 2.73. The van der Waals surface area contributed by atoms with Gasteiger partial charge in [0.2, 0.25) is 0 Å². The normalized spacial score (nSPS) is 20.5. The van der Waals surface area contributed by atoms with Gasteiger partial charge in [0.05, 0.1) is 11.6 Å². The number of allylic oxidation sites excluding steroid dienone is 4. The maximum Gasteiger partial charge on any atom is 0.257 e. The fourth-order valence-electron chi connectivity index (χ4n) is 2.20. The van der Waals surface area contributed by atoms with Gasteiger partial charge in [-0.25, -0.2) is 0 Å². The van der Waals surface area contributed by atoms with Crippen molar-refractivity contribution in [2.24, 2.45) is 4.99 Å². The van der Waals surface area contributed by atoms with Gasteiger partial charge in [0, 0.05) is 24.8 Å². The lowest BCUT2D eigenvalue weighted by molar-refractivity contribution is -0.116. The number of carbonyl (C=O) groups is 1. The molecule has 2 rings (SSSR count). The van der Waals surface area contributed by atoms with Gasteiger partial charge in [0.25, 0.3) is 5.91 Å². The largest absolute Gasteiger partial charge is 0.370 e. The quantitative estimate of drug-likeness (QED) is 0.367. The van der Waals surface area contributed by atoms with E-state index in [1.54, 1.807) is 12.2 Å². The van der Waals surface area contributed by atoms with Gasteiger partial charge in [-0.2, -0.15) is 0 Å². The van der Waals surface area contributed by atoms with Gasteiger partial charge < -0.3 is 10.2 Å². The molecule has 1 atom stereocenters. The lowest BCUT2D eigenvalue weighted by atomic mass is 10.1. The summed E-state index contributed by atoms with van der Waals surface area (Å²) in [6.45, 7) is 3.38. The number of hydrogen-bond donors (Lipinski definition) is 1.